The van der Waals surface area contributed by atoms with Crippen LogP contribution in [0.15, 0.2) is 18.2 Å². The van der Waals surface area contributed by atoms with Gasteiger partial charge in [0.15, 0.2) is 0 Å². The first kappa shape index (κ1) is 22.2. The Morgan fingerprint density at radius 3 is 2.57 bits per heavy atom. The highest BCUT2D eigenvalue weighted by Crippen LogP contribution is 2.44. The number of hydrogen-bond acceptors (Lipinski definition) is 5. The highest BCUT2D eigenvalue weighted by molar-refractivity contribution is 7.17. The Balaban J connectivity index is 1.82. The first-order chi connectivity index (χ1) is 14.1. The second-order valence-corrected chi connectivity index (χ2v) is 9.89. The van der Waals surface area contributed by atoms with Crippen molar-refractivity contribution in [2.45, 2.75) is 46.5 Å². The van der Waals surface area contributed by atoms with Crippen molar-refractivity contribution in [1.29, 1.82) is 0 Å². The number of thiophene rings is 1. The van der Waals surface area contributed by atoms with Crippen molar-refractivity contribution in [2.75, 3.05) is 19.5 Å². The lowest BCUT2D eigenvalue weighted by molar-refractivity contribution is -0.115. The van der Waals surface area contributed by atoms with E-state index >= 15 is 0 Å². The number of nitrogens with two attached hydrogens (primary N) is 1. The molecule has 0 spiro atoms. The van der Waals surface area contributed by atoms with Gasteiger partial charge in [0.25, 0.3) is 5.91 Å². The van der Waals surface area contributed by atoms with Gasteiger partial charge in [-0.3, -0.25) is 9.59 Å². The Kier molecular flexibility index (Phi) is 6.41. The molecule has 3 N–H and O–H groups in total. The molecule has 1 aliphatic carbocycles. The normalized spacial score (nSPS) is 16.0. The summed E-state index contributed by atoms with van der Waals surface area (Å²) in [5.74, 6) is 1.08. The summed E-state index contributed by atoms with van der Waals surface area (Å²) >= 11 is 1.48. The SMILES string of the molecule is COc1ccc(CC(=O)Nc2sc3c(c2C(N)=O)CCC(C(C)(C)C)C3)c(OC)c1. The van der Waals surface area contributed by atoms with Crippen LogP contribution < -0.4 is 20.5 Å². The average molecular weight is 431 g/mol. The van der Waals surface area contributed by atoms with Crippen molar-refractivity contribution in [2.24, 2.45) is 17.1 Å². The van der Waals surface area contributed by atoms with Gasteiger partial charge in [0, 0.05) is 16.5 Å². The molecule has 6 nitrogen and oxygen atoms in total. The molecule has 0 saturated heterocycles. The molecule has 7 heteroatoms. The third kappa shape index (κ3) is 4.61. The van der Waals surface area contributed by atoms with Crippen LogP contribution in [0.25, 0.3) is 0 Å². The summed E-state index contributed by atoms with van der Waals surface area (Å²) < 4.78 is 10.6. The van der Waals surface area contributed by atoms with E-state index in [1.807, 2.05) is 0 Å². The summed E-state index contributed by atoms with van der Waals surface area (Å²) in [6.45, 7) is 6.74. The Hall–Kier alpha value is -2.54. The Morgan fingerprint density at radius 2 is 1.97 bits per heavy atom. The fourth-order valence-corrected chi connectivity index (χ4v) is 5.36. The highest BCUT2D eigenvalue weighted by atomic mass is 32.1. The van der Waals surface area contributed by atoms with Gasteiger partial charge >= 0.3 is 0 Å². The van der Waals surface area contributed by atoms with Crippen molar-refractivity contribution in [3.8, 4) is 11.5 Å². The van der Waals surface area contributed by atoms with Crippen LogP contribution in [0.3, 0.4) is 0 Å². The number of amides is 2. The van der Waals surface area contributed by atoms with Crippen LogP contribution in [-0.4, -0.2) is 26.0 Å². The van der Waals surface area contributed by atoms with Crippen molar-refractivity contribution in [1.82, 2.24) is 0 Å². The lowest BCUT2D eigenvalue weighted by atomic mass is 9.72. The molecule has 0 aliphatic heterocycles. The van der Waals surface area contributed by atoms with E-state index in [1.54, 1.807) is 32.4 Å². The molecule has 1 aromatic carbocycles. The molecule has 1 unspecified atom stereocenters. The number of nitrogens with one attached hydrogen (secondary N) is 1. The van der Waals surface area contributed by atoms with Crippen LogP contribution in [0, 0.1) is 11.3 Å². The van der Waals surface area contributed by atoms with Gasteiger partial charge in [-0.15, -0.1) is 11.3 Å². The number of fused-ring (bicyclic) bond motifs is 1. The molecule has 1 heterocycles. The maximum atomic E-state index is 12.8. The number of rotatable bonds is 6. The largest absolute Gasteiger partial charge is 0.497 e. The summed E-state index contributed by atoms with van der Waals surface area (Å²) in [4.78, 5) is 26.1. The van der Waals surface area contributed by atoms with Crippen LogP contribution in [0.2, 0.25) is 0 Å². The van der Waals surface area contributed by atoms with Crippen LogP contribution in [0.5, 0.6) is 11.5 Å². The van der Waals surface area contributed by atoms with Gasteiger partial charge in [-0.25, -0.2) is 0 Å². The third-order valence-electron chi connectivity index (χ3n) is 5.83. The van der Waals surface area contributed by atoms with E-state index in [1.165, 1.54) is 11.3 Å². The summed E-state index contributed by atoms with van der Waals surface area (Å²) in [5.41, 5.74) is 8.11. The van der Waals surface area contributed by atoms with Gasteiger partial charge in [0.05, 0.1) is 26.2 Å². The molecule has 3 rings (SSSR count). The first-order valence-electron chi connectivity index (χ1n) is 10.1. The second-order valence-electron chi connectivity index (χ2n) is 8.78. The second kappa shape index (κ2) is 8.68. The minimum absolute atomic E-state index is 0.124. The zero-order valence-electron chi connectivity index (χ0n) is 18.3. The van der Waals surface area contributed by atoms with E-state index in [4.69, 9.17) is 15.2 Å². The predicted molar refractivity (Wildman–Crippen MR) is 120 cm³/mol. The van der Waals surface area contributed by atoms with Crippen molar-refractivity contribution in [3.05, 3.63) is 39.8 Å². The maximum Gasteiger partial charge on any atom is 0.251 e. The van der Waals surface area contributed by atoms with Gasteiger partial charge in [-0.05, 0) is 42.2 Å². The number of carbonyl (C=O) groups excluding carboxylic acids is 2. The van der Waals surface area contributed by atoms with E-state index in [-0.39, 0.29) is 17.7 Å². The van der Waals surface area contributed by atoms with Crippen LogP contribution in [0.4, 0.5) is 5.00 Å². The van der Waals surface area contributed by atoms with E-state index in [2.05, 4.69) is 26.1 Å². The predicted octanol–water partition coefficient (Wildman–Crippen LogP) is 4.20. The molecule has 1 aromatic heterocycles. The van der Waals surface area contributed by atoms with E-state index < -0.39 is 5.91 Å². The Morgan fingerprint density at radius 1 is 1.23 bits per heavy atom. The van der Waals surface area contributed by atoms with Crippen molar-refractivity contribution < 1.29 is 19.1 Å². The number of benzene rings is 1. The van der Waals surface area contributed by atoms with E-state index in [9.17, 15) is 9.59 Å². The molecule has 30 heavy (non-hydrogen) atoms. The van der Waals surface area contributed by atoms with Crippen LogP contribution in [-0.2, 0) is 24.1 Å². The average Bonchev–Trinajstić information content (AvgIpc) is 3.04. The standard InChI is InChI=1S/C23H30N2O4S/c1-23(2,3)14-7-9-16-18(11-14)30-22(20(16)21(24)27)25-19(26)10-13-6-8-15(28-4)12-17(13)29-5/h6,8,12,14H,7,9-11H2,1-5H3,(H2,24,27)(H,25,26). The lowest BCUT2D eigenvalue weighted by Crippen LogP contribution is -2.27. The summed E-state index contributed by atoms with van der Waals surface area (Å²) in [5, 5.41) is 3.48. The van der Waals surface area contributed by atoms with Crippen LogP contribution in [0.1, 0.15) is 53.6 Å². The minimum atomic E-state index is -0.487. The number of primary amides is 1. The summed E-state index contributed by atoms with van der Waals surface area (Å²) in [6.07, 6.45) is 2.86. The summed E-state index contributed by atoms with van der Waals surface area (Å²) in [7, 11) is 3.13. The smallest absolute Gasteiger partial charge is 0.251 e. The Bertz CT molecular complexity index is 959. The van der Waals surface area contributed by atoms with Crippen molar-refractivity contribution in [3.63, 3.8) is 0 Å². The van der Waals surface area contributed by atoms with Gasteiger partial charge < -0.3 is 20.5 Å². The molecule has 1 atom stereocenters. The summed E-state index contributed by atoms with van der Waals surface area (Å²) in [6, 6.07) is 5.34. The Labute approximate surface area is 181 Å². The molecule has 1 aliphatic rings. The molecule has 2 amide bonds. The van der Waals surface area contributed by atoms with Gasteiger partial charge in [-0.1, -0.05) is 26.8 Å². The van der Waals surface area contributed by atoms with E-state index in [0.29, 0.717) is 28.0 Å². The van der Waals surface area contributed by atoms with Gasteiger partial charge in [0.1, 0.15) is 16.5 Å². The fourth-order valence-electron chi connectivity index (χ4n) is 4.02. The first-order valence-corrected chi connectivity index (χ1v) is 10.9. The zero-order chi connectivity index (χ0) is 22.1. The number of anilines is 1. The highest BCUT2D eigenvalue weighted by Gasteiger charge is 2.33. The van der Waals surface area contributed by atoms with Crippen molar-refractivity contribution >= 4 is 28.2 Å². The van der Waals surface area contributed by atoms with Gasteiger partial charge in [0.2, 0.25) is 5.91 Å². The van der Waals surface area contributed by atoms with E-state index in [0.717, 1.165) is 35.3 Å². The minimum Gasteiger partial charge on any atom is -0.497 e. The van der Waals surface area contributed by atoms with Crippen LogP contribution >= 0.6 is 11.3 Å². The molecule has 0 saturated carbocycles. The van der Waals surface area contributed by atoms with Gasteiger partial charge in [-0.2, -0.15) is 0 Å². The lowest BCUT2D eigenvalue weighted by Gasteiger charge is -2.33. The third-order valence-corrected chi connectivity index (χ3v) is 7.00. The topological polar surface area (TPSA) is 90.6 Å². The maximum absolute atomic E-state index is 12.8. The fraction of sp³-hybridized carbons (Fsp3) is 0.478. The molecular formula is C23H30N2O4S. The molecule has 0 radical (unpaired) electrons. The molecule has 2 aromatic rings. The molecule has 162 valence electrons. The molecule has 0 bridgehead atoms. The molecular weight excluding hydrogens is 400 g/mol. The number of carbonyl (C=O) groups is 2. The quantitative estimate of drug-likeness (QED) is 0.719. The number of methoxy groups -OCH3 is 2. The number of ether oxygens (including phenoxy) is 2. The monoisotopic (exact) mass is 430 g/mol. The molecule has 0 fully saturated rings. The zero-order valence-corrected chi connectivity index (χ0v) is 19.1. The number of hydrogen-bond donors (Lipinski definition) is 2.